The minimum absolute atomic E-state index is 0.0634. The molecule has 0 saturated heterocycles. The van der Waals surface area contributed by atoms with Gasteiger partial charge in [-0.2, -0.15) is 0 Å². The molecule has 0 aromatic rings. The summed E-state index contributed by atoms with van der Waals surface area (Å²) < 4.78 is 0. The summed E-state index contributed by atoms with van der Waals surface area (Å²) >= 11 is 0. The summed E-state index contributed by atoms with van der Waals surface area (Å²) in [5.41, 5.74) is 0. The van der Waals surface area contributed by atoms with Crippen molar-refractivity contribution in [3.63, 3.8) is 0 Å². The second kappa shape index (κ2) is 3.51. The van der Waals surface area contributed by atoms with Gasteiger partial charge >= 0.3 is 0 Å². The van der Waals surface area contributed by atoms with E-state index >= 15 is 0 Å². The molecule has 1 amide bonds. The van der Waals surface area contributed by atoms with Gasteiger partial charge in [0.1, 0.15) is 0 Å². The molecule has 3 heteroatoms. The molecule has 0 fully saturated rings. The molecule has 11 heavy (non-hydrogen) atoms. The lowest BCUT2D eigenvalue weighted by atomic mass is 10.2. The van der Waals surface area contributed by atoms with E-state index in [1.54, 1.807) is 6.21 Å². The van der Waals surface area contributed by atoms with E-state index in [2.05, 4.69) is 17.2 Å². The summed E-state index contributed by atoms with van der Waals surface area (Å²) in [7, 11) is 0. The molecule has 1 N–H and O–H groups in total. The van der Waals surface area contributed by atoms with Gasteiger partial charge in [0, 0.05) is 12.8 Å². The van der Waals surface area contributed by atoms with Crippen molar-refractivity contribution in [2.24, 2.45) is 10.9 Å². The summed E-state index contributed by atoms with van der Waals surface area (Å²) in [6.07, 6.45) is 2.74. The van der Waals surface area contributed by atoms with E-state index in [1.807, 2.05) is 6.92 Å². The molecule has 3 nitrogen and oxygen atoms in total. The molecule has 62 valence electrons. The van der Waals surface area contributed by atoms with E-state index in [4.69, 9.17) is 0 Å². The van der Waals surface area contributed by atoms with E-state index in [0.29, 0.717) is 6.54 Å². The second-order valence-electron chi connectivity index (χ2n) is 2.89. The Morgan fingerprint density at radius 3 is 3.18 bits per heavy atom. The molecular formula is C8H14N2O. The van der Waals surface area contributed by atoms with Crippen molar-refractivity contribution in [2.75, 3.05) is 6.54 Å². The van der Waals surface area contributed by atoms with Gasteiger partial charge in [-0.15, -0.1) is 0 Å². The van der Waals surface area contributed by atoms with Gasteiger partial charge in [-0.05, 0) is 13.3 Å². The zero-order valence-corrected chi connectivity index (χ0v) is 7.00. The molecule has 0 aromatic heterocycles. The van der Waals surface area contributed by atoms with E-state index in [1.165, 1.54) is 0 Å². The standard InChI is InChI=1S/C8H14N2O/c1-3-7-5-10-8(11)6(2)4-9-7/h4,6-7H,3,5H2,1-2H3,(H,10,11). The molecule has 0 aromatic carbocycles. The Morgan fingerprint density at radius 2 is 2.55 bits per heavy atom. The largest absolute Gasteiger partial charge is 0.353 e. The summed E-state index contributed by atoms with van der Waals surface area (Å²) in [6, 6.07) is 0.281. The van der Waals surface area contributed by atoms with Crippen molar-refractivity contribution in [3.8, 4) is 0 Å². The van der Waals surface area contributed by atoms with Crippen LogP contribution in [0.2, 0.25) is 0 Å². The van der Waals surface area contributed by atoms with Crippen LogP contribution in [0.25, 0.3) is 0 Å². The van der Waals surface area contributed by atoms with Crippen molar-refractivity contribution in [1.82, 2.24) is 5.32 Å². The molecule has 2 atom stereocenters. The highest BCUT2D eigenvalue weighted by Gasteiger charge is 2.15. The number of nitrogens with one attached hydrogen (secondary N) is 1. The third-order valence-electron chi connectivity index (χ3n) is 1.92. The maximum Gasteiger partial charge on any atom is 0.228 e. The Bertz CT molecular complexity index is 177. The fraction of sp³-hybridized carbons (Fsp3) is 0.750. The maximum absolute atomic E-state index is 11.1. The number of carbonyl (C=O) groups excluding carboxylic acids is 1. The molecule has 0 bridgehead atoms. The molecule has 1 aliphatic rings. The lowest BCUT2D eigenvalue weighted by molar-refractivity contribution is -0.122. The number of nitrogens with zero attached hydrogens (tertiary/aromatic N) is 1. The van der Waals surface area contributed by atoms with Crippen molar-refractivity contribution >= 4 is 12.1 Å². The SMILES string of the molecule is CCC1CNC(=O)C(C)C=N1. The quantitative estimate of drug-likeness (QED) is 0.590. The highest BCUT2D eigenvalue weighted by atomic mass is 16.1. The summed E-state index contributed by atoms with van der Waals surface area (Å²) in [5, 5.41) is 2.83. The molecule has 1 aliphatic heterocycles. The van der Waals surface area contributed by atoms with Gasteiger partial charge in [0.15, 0.2) is 0 Å². The summed E-state index contributed by atoms with van der Waals surface area (Å²) in [4.78, 5) is 15.3. The van der Waals surface area contributed by atoms with Crippen LogP contribution >= 0.6 is 0 Å². The van der Waals surface area contributed by atoms with Crippen LogP contribution in [0.4, 0.5) is 0 Å². The van der Waals surface area contributed by atoms with Gasteiger partial charge in [-0.25, -0.2) is 0 Å². The number of rotatable bonds is 1. The van der Waals surface area contributed by atoms with E-state index in [-0.39, 0.29) is 17.9 Å². The van der Waals surface area contributed by atoms with Crippen LogP contribution in [-0.4, -0.2) is 24.7 Å². The molecule has 0 radical (unpaired) electrons. The van der Waals surface area contributed by atoms with Crippen molar-refractivity contribution in [1.29, 1.82) is 0 Å². The van der Waals surface area contributed by atoms with Crippen molar-refractivity contribution in [2.45, 2.75) is 26.3 Å². The molecule has 0 saturated carbocycles. The van der Waals surface area contributed by atoms with Crippen LogP contribution in [0.3, 0.4) is 0 Å². The fourth-order valence-electron chi connectivity index (χ4n) is 1.00. The molecular weight excluding hydrogens is 140 g/mol. The maximum atomic E-state index is 11.1. The lowest BCUT2D eigenvalue weighted by Gasteiger charge is -2.06. The molecule has 0 aliphatic carbocycles. The topological polar surface area (TPSA) is 41.5 Å². The Hall–Kier alpha value is -0.860. The molecule has 0 spiro atoms. The van der Waals surface area contributed by atoms with E-state index in [9.17, 15) is 4.79 Å². The zero-order valence-electron chi connectivity index (χ0n) is 7.00. The lowest BCUT2D eigenvalue weighted by Crippen LogP contribution is -2.31. The van der Waals surface area contributed by atoms with Gasteiger partial charge < -0.3 is 5.32 Å². The molecule has 2 unspecified atom stereocenters. The fourth-order valence-corrected chi connectivity index (χ4v) is 1.00. The Morgan fingerprint density at radius 1 is 1.82 bits per heavy atom. The average molecular weight is 154 g/mol. The minimum Gasteiger partial charge on any atom is -0.353 e. The number of carbonyl (C=O) groups is 1. The monoisotopic (exact) mass is 154 g/mol. The number of aliphatic imine (C=N–C) groups is 1. The van der Waals surface area contributed by atoms with Crippen LogP contribution in [0.5, 0.6) is 0 Å². The first-order chi connectivity index (χ1) is 5.24. The Kier molecular flexibility index (Phi) is 2.63. The second-order valence-corrected chi connectivity index (χ2v) is 2.89. The van der Waals surface area contributed by atoms with Gasteiger partial charge in [-0.1, -0.05) is 6.92 Å². The third kappa shape index (κ3) is 2.03. The normalized spacial score (nSPS) is 31.3. The van der Waals surface area contributed by atoms with Crippen molar-refractivity contribution in [3.05, 3.63) is 0 Å². The van der Waals surface area contributed by atoms with Crippen LogP contribution in [0.1, 0.15) is 20.3 Å². The highest BCUT2D eigenvalue weighted by Crippen LogP contribution is 2.02. The predicted molar refractivity (Wildman–Crippen MR) is 44.7 cm³/mol. The number of hydrogen-bond donors (Lipinski definition) is 1. The Balaban J connectivity index is 2.58. The minimum atomic E-state index is -0.0634. The van der Waals surface area contributed by atoms with Gasteiger partial charge in [-0.3, -0.25) is 9.79 Å². The Labute approximate surface area is 66.9 Å². The summed E-state index contributed by atoms with van der Waals surface area (Å²) in [6.45, 7) is 4.62. The number of amides is 1. The number of hydrogen-bond acceptors (Lipinski definition) is 2. The average Bonchev–Trinajstić information content (AvgIpc) is 2.16. The summed E-state index contributed by atoms with van der Waals surface area (Å²) in [5.74, 6) is 0.0243. The zero-order chi connectivity index (χ0) is 8.27. The third-order valence-corrected chi connectivity index (χ3v) is 1.92. The van der Waals surface area contributed by atoms with Crippen molar-refractivity contribution < 1.29 is 4.79 Å². The smallest absolute Gasteiger partial charge is 0.228 e. The van der Waals surface area contributed by atoms with Gasteiger partial charge in [0.2, 0.25) is 5.91 Å². The van der Waals surface area contributed by atoms with Crippen LogP contribution in [0.15, 0.2) is 4.99 Å². The van der Waals surface area contributed by atoms with E-state index < -0.39 is 0 Å². The molecule has 1 heterocycles. The van der Waals surface area contributed by atoms with Crippen LogP contribution in [-0.2, 0) is 4.79 Å². The van der Waals surface area contributed by atoms with Crippen LogP contribution in [0, 0.1) is 5.92 Å². The predicted octanol–water partition coefficient (Wildman–Crippen LogP) is 0.602. The van der Waals surface area contributed by atoms with Crippen LogP contribution < -0.4 is 5.32 Å². The van der Waals surface area contributed by atoms with E-state index in [0.717, 1.165) is 6.42 Å². The first-order valence-electron chi connectivity index (χ1n) is 4.05. The highest BCUT2D eigenvalue weighted by molar-refractivity contribution is 5.93. The first-order valence-corrected chi connectivity index (χ1v) is 4.05. The molecule has 1 rings (SSSR count). The first kappa shape index (κ1) is 8.24. The van der Waals surface area contributed by atoms with Gasteiger partial charge in [0.25, 0.3) is 0 Å². The van der Waals surface area contributed by atoms with Gasteiger partial charge in [0.05, 0.1) is 12.0 Å².